The Balaban J connectivity index is 0.00000320. The average Bonchev–Trinajstić information content (AvgIpc) is 3.36. The van der Waals surface area contributed by atoms with Crippen LogP contribution in [0.2, 0.25) is 0 Å². The van der Waals surface area contributed by atoms with Crippen LogP contribution < -0.4 is 10.6 Å². The van der Waals surface area contributed by atoms with Gasteiger partial charge in [0, 0.05) is 58.2 Å². The van der Waals surface area contributed by atoms with Crippen molar-refractivity contribution in [3.8, 4) is 0 Å². The Morgan fingerprint density at radius 1 is 1.27 bits per heavy atom. The molecule has 10 heteroatoms. The molecule has 1 fully saturated rings. The predicted molar refractivity (Wildman–Crippen MR) is 122 cm³/mol. The molecule has 1 saturated heterocycles. The fraction of sp³-hybridized carbons (Fsp3) is 0.500. The van der Waals surface area contributed by atoms with E-state index in [0.29, 0.717) is 6.54 Å². The lowest BCUT2D eigenvalue weighted by molar-refractivity contribution is -0.137. The monoisotopic (exact) mass is 536 g/mol. The highest BCUT2D eigenvalue weighted by atomic mass is 127. The third-order valence-electron chi connectivity index (χ3n) is 4.94. The zero-order valence-corrected chi connectivity index (χ0v) is 19.2. The quantitative estimate of drug-likeness (QED) is 0.247. The lowest BCUT2D eigenvalue weighted by Gasteiger charge is -2.19. The minimum atomic E-state index is -4.29. The number of likely N-dealkylation sites (tertiary alicyclic amines) is 1. The smallest absolute Gasteiger partial charge is 0.356 e. The third-order valence-corrected chi connectivity index (χ3v) is 4.94. The first-order valence-electron chi connectivity index (χ1n) is 9.77. The van der Waals surface area contributed by atoms with Crippen LogP contribution in [0.1, 0.15) is 24.0 Å². The van der Waals surface area contributed by atoms with Crippen LogP contribution >= 0.6 is 24.0 Å². The molecule has 0 saturated carbocycles. The Labute approximate surface area is 191 Å². The molecule has 6 nitrogen and oxygen atoms in total. The summed E-state index contributed by atoms with van der Waals surface area (Å²) in [6.07, 6.45) is 1.32. The van der Waals surface area contributed by atoms with Crippen molar-refractivity contribution in [1.29, 1.82) is 0 Å². The molecule has 2 N–H and O–H groups in total. The molecular weight excluding hydrogens is 508 g/mol. The number of rotatable bonds is 7. The van der Waals surface area contributed by atoms with Crippen LogP contribution in [0.25, 0.3) is 0 Å². The van der Waals surface area contributed by atoms with Gasteiger partial charge in [0.1, 0.15) is 0 Å². The van der Waals surface area contributed by atoms with E-state index >= 15 is 0 Å². The molecule has 166 valence electrons. The topological polar surface area (TPSA) is 57.5 Å². The van der Waals surface area contributed by atoms with Gasteiger partial charge in [-0.1, -0.05) is 12.1 Å². The second-order valence-electron chi connectivity index (χ2n) is 7.18. The minimum absolute atomic E-state index is 0. The number of aromatic nitrogens is 2. The van der Waals surface area contributed by atoms with E-state index in [2.05, 4.69) is 25.6 Å². The van der Waals surface area contributed by atoms with Gasteiger partial charge in [0.2, 0.25) is 0 Å². The van der Waals surface area contributed by atoms with E-state index < -0.39 is 11.7 Å². The number of hydrogen-bond donors (Lipinski definition) is 2. The van der Waals surface area contributed by atoms with Crippen molar-refractivity contribution in [3.05, 3.63) is 53.9 Å². The Bertz CT molecular complexity index is 777. The van der Waals surface area contributed by atoms with Crippen LogP contribution in [0.15, 0.2) is 47.7 Å². The summed E-state index contributed by atoms with van der Waals surface area (Å²) in [6.45, 7) is 4.01. The van der Waals surface area contributed by atoms with Crippen molar-refractivity contribution >= 4 is 29.9 Å². The van der Waals surface area contributed by atoms with Gasteiger partial charge in [-0.05, 0) is 36.6 Å². The summed E-state index contributed by atoms with van der Waals surface area (Å²) < 4.78 is 39.9. The van der Waals surface area contributed by atoms with Crippen LogP contribution in [-0.4, -0.2) is 53.4 Å². The average molecular weight is 536 g/mol. The van der Waals surface area contributed by atoms with Gasteiger partial charge in [0.25, 0.3) is 0 Å². The van der Waals surface area contributed by atoms with E-state index in [4.69, 9.17) is 0 Å². The molecule has 1 aliphatic heterocycles. The summed E-state index contributed by atoms with van der Waals surface area (Å²) in [5, 5.41) is 10.9. The summed E-state index contributed by atoms with van der Waals surface area (Å²) in [4.78, 5) is 6.52. The number of benzene rings is 1. The second kappa shape index (κ2) is 11.5. The Hall–Kier alpha value is -1.82. The maximum absolute atomic E-state index is 12.7. The van der Waals surface area contributed by atoms with Crippen LogP contribution in [-0.2, 0) is 19.3 Å². The lowest BCUT2D eigenvalue weighted by atomic mass is 10.1. The first-order chi connectivity index (χ1) is 13.9. The fourth-order valence-corrected chi connectivity index (χ4v) is 3.42. The number of nitrogens with zero attached hydrogens (tertiary/aromatic N) is 4. The molecule has 2 heterocycles. The second-order valence-corrected chi connectivity index (χ2v) is 7.18. The number of hydrogen-bond acceptors (Lipinski definition) is 3. The lowest BCUT2D eigenvalue weighted by Crippen LogP contribution is -2.44. The zero-order chi connectivity index (χ0) is 20.7. The number of nitrogens with one attached hydrogen (secondary N) is 2. The van der Waals surface area contributed by atoms with E-state index in [-0.39, 0.29) is 30.0 Å². The molecule has 3 rings (SSSR count). The van der Waals surface area contributed by atoms with Crippen molar-refractivity contribution in [2.45, 2.75) is 38.1 Å². The van der Waals surface area contributed by atoms with Crippen LogP contribution in [0.3, 0.4) is 0 Å². The predicted octanol–water partition coefficient (Wildman–Crippen LogP) is 3.35. The molecule has 0 spiro atoms. The van der Waals surface area contributed by atoms with Gasteiger partial charge < -0.3 is 10.6 Å². The van der Waals surface area contributed by atoms with E-state index in [1.165, 1.54) is 0 Å². The zero-order valence-electron chi connectivity index (χ0n) is 16.9. The summed E-state index contributed by atoms with van der Waals surface area (Å²) in [7, 11) is 1.75. The van der Waals surface area contributed by atoms with E-state index in [0.717, 1.165) is 62.7 Å². The van der Waals surface area contributed by atoms with Gasteiger partial charge in [-0.3, -0.25) is 14.6 Å². The summed E-state index contributed by atoms with van der Waals surface area (Å²) in [5.41, 5.74) is 0.282. The highest BCUT2D eigenvalue weighted by Crippen LogP contribution is 2.29. The number of guanidine groups is 1. The van der Waals surface area contributed by atoms with Gasteiger partial charge in [0.15, 0.2) is 5.96 Å². The highest BCUT2D eigenvalue weighted by molar-refractivity contribution is 14.0. The summed E-state index contributed by atoms with van der Waals surface area (Å²) >= 11 is 0. The molecule has 1 atom stereocenters. The van der Waals surface area contributed by atoms with Gasteiger partial charge >= 0.3 is 6.18 Å². The van der Waals surface area contributed by atoms with Gasteiger partial charge in [0.05, 0.1) is 5.56 Å². The maximum atomic E-state index is 12.7. The van der Waals surface area contributed by atoms with Crippen LogP contribution in [0.5, 0.6) is 0 Å². The Morgan fingerprint density at radius 3 is 2.67 bits per heavy atom. The van der Waals surface area contributed by atoms with E-state index in [1.807, 2.05) is 16.9 Å². The Morgan fingerprint density at radius 2 is 2.03 bits per heavy atom. The fourth-order valence-electron chi connectivity index (χ4n) is 3.42. The normalized spacial score (nSPS) is 17.6. The van der Waals surface area contributed by atoms with Crippen molar-refractivity contribution in [1.82, 2.24) is 25.3 Å². The van der Waals surface area contributed by atoms with Gasteiger partial charge in [-0.15, -0.1) is 24.0 Å². The van der Waals surface area contributed by atoms with E-state index in [9.17, 15) is 13.2 Å². The Kier molecular flexibility index (Phi) is 9.40. The molecule has 0 aliphatic carbocycles. The van der Waals surface area contributed by atoms with Crippen molar-refractivity contribution < 1.29 is 13.2 Å². The molecule has 0 amide bonds. The number of aliphatic imine (C=N–C) groups is 1. The molecule has 2 aromatic rings. The van der Waals surface area contributed by atoms with Gasteiger partial charge in [-0.2, -0.15) is 18.3 Å². The molecule has 1 aliphatic rings. The highest BCUT2D eigenvalue weighted by Gasteiger charge is 2.30. The maximum Gasteiger partial charge on any atom is 0.416 e. The first-order valence-corrected chi connectivity index (χ1v) is 9.77. The molecule has 1 unspecified atom stereocenters. The molecular formula is C20H28F3IN6. The SMILES string of the molecule is CN=C(NCCCn1cccn1)NC1CCN(Cc2ccc(C(F)(F)F)cc2)C1.I. The molecule has 1 aromatic carbocycles. The van der Waals surface area contributed by atoms with Gasteiger partial charge in [-0.25, -0.2) is 0 Å². The van der Waals surface area contributed by atoms with E-state index in [1.54, 1.807) is 25.4 Å². The standard InChI is InChI=1S/C20H27F3N6.HI/c1-24-19(25-9-2-11-29-12-3-10-26-29)27-18-8-13-28(15-18)14-16-4-6-17(7-5-16)20(21,22)23;/h3-7,10,12,18H,2,8-9,11,13-15H2,1H3,(H2,24,25,27);1H. The molecule has 30 heavy (non-hydrogen) atoms. The van der Waals surface area contributed by atoms with Crippen molar-refractivity contribution in [2.75, 3.05) is 26.7 Å². The molecule has 1 aromatic heterocycles. The third kappa shape index (κ3) is 7.46. The number of alkyl halides is 3. The number of aryl methyl sites for hydroxylation is 1. The largest absolute Gasteiger partial charge is 0.416 e. The first kappa shape index (κ1) is 24.4. The van der Waals surface area contributed by atoms with Crippen LogP contribution in [0, 0.1) is 0 Å². The van der Waals surface area contributed by atoms with Crippen molar-refractivity contribution in [3.63, 3.8) is 0 Å². The minimum Gasteiger partial charge on any atom is -0.356 e. The molecule has 0 bridgehead atoms. The van der Waals surface area contributed by atoms with Crippen LogP contribution in [0.4, 0.5) is 13.2 Å². The van der Waals surface area contributed by atoms with Crippen molar-refractivity contribution in [2.24, 2.45) is 4.99 Å². The molecule has 0 radical (unpaired) electrons. The summed E-state index contributed by atoms with van der Waals surface area (Å²) in [5.74, 6) is 0.770. The summed E-state index contributed by atoms with van der Waals surface area (Å²) in [6, 6.07) is 7.59. The number of halogens is 4.